The van der Waals surface area contributed by atoms with Crippen molar-refractivity contribution in [3.05, 3.63) is 23.8 Å². The highest BCUT2D eigenvalue weighted by atomic mass is 16.5. The minimum Gasteiger partial charge on any atom is -0.493 e. The lowest BCUT2D eigenvalue weighted by Crippen LogP contribution is -2.35. The van der Waals surface area contributed by atoms with Crippen molar-refractivity contribution < 1.29 is 9.47 Å². The number of methoxy groups -OCH3 is 1. The normalized spacial score (nSPS) is 11.4. The highest BCUT2D eigenvalue weighted by molar-refractivity contribution is 5.42. The van der Waals surface area contributed by atoms with Gasteiger partial charge in [-0.15, -0.1) is 0 Å². The van der Waals surface area contributed by atoms with Gasteiger partial charge in [-0.1, -0.05) is 6.07 Å². The van der Waals surface area contributed by atoms with Crippen LogP contribution in [-0.4, -0.2) is 19.3 Å². The van der Waals surface area contributed by atoms with E-state index in [1.165, 1.54) is 5.56 Å². The van der Waals surface area contributed by atoms with Gasteiger partial charge in [0.15, 0.2) is 11.5 Å². The molecular weight excluding hydrogens is 214 g/mol. The number of benzene rings is 1. The first-order valence-electron chi connectivity index (χ1n) is 6.01. The molecule has 17 heavy (non-hydrogen) atoms. The van der Waals surface area contributed by atoms with Gasteiger partial charge in [-0.3, -0.25) is 0 Å². The molecule has 1 aromatic rings. The van der Waals surface area contributed by atoms with Crippen molar-refractivity contribution in [3.8, 4) is 11.5 Å². The summed E-state index contributed by atoms with van der Waals surface area (Å²) in [5.74, 6) is 1.59. The van der Waals surface area contributed by atoms with E-state index in [9.17, 15) is 0 Å². The molecule has 1 N–H and O–H groups in total. The van der Waals surface area contributed by atoms with Gasteiger partial charge in [0.2, 0.25) is 0 Å². The summed E-state index contributed by atoms with van der Waals surface area (Å²) in [5, 5.41) is 3.45. The lowest BCUT2D eigenvalue weighted by molar-refractivity contribution is 0.310. The molecule has 0 aliphatic rings. The van der Waals surface area contributed by atoms with Gasteiger partial charge >= 0.3 is 0 Å². The van der Waals surface area contributed by atoms with E-state index in [1.807, 2.05) is 19.1 Å². The third-order valence-electron chi connectivity index (χ3n) is 2.35. The first-order valence-corrected chi connectivity index (χ1v) is 6.01. The summed E-state index contributed by atoms with van der Waals surface area (Å²) in [5.41, 5.74) is 1.32. The fraction of sp³-hybridized carbons (Fsp3) is 0.571. The molecule has 0 spiro atoms. The van der Waals surface area contributed by atoms with Crippen LogP contribution in [0.15, 0.2) is 18.2 Å². The summed E-state index contributed by atoms with van der Waals surface area (Å²) in [6, 6.07) is 6.03. The van der Waals surface area contributed by atoms with E-state index in [2.05, 4.69) is 32.2 Å². The summed E-state index contributed by atoms with van der Waals surface area (Å²) < 4.78 is 10.8. The molecule has 96 valence electrons. The summed E-state index contributed by atoms with van der Waals surface area (Å²) in [4.78, 5) is 0. The van der Waals surface area contributed by atoms with Crippen LogP contribution in [0.2, 0.25) is 0 Å². The number of rotatable bonds is 5. The number of hydrogen-bond acceptors (Lipinski definition) is 3. The molecule has 1 aromatic carbocycles. The van der Waals surface area contributed by atoms with Crippen LogP contribution in [0.3, 0.4) is 0 Å². The maximum absolute atomic E-state index is 5.55. The second-order valence-electron chi connectivity index (χ2n) is 5.02. The van der Waals surface area contributed by atoms with E-state index in [0.29, 0.717) is 6.61 Å². The zero-order valence-electron chi connectivity index (χ0n) is 11.5. The molecule has 3 nitrogen and oxygen atoms in total. The first-order chi connectivity index (χ1) is 7.96. The summed E-state index contributed by atoms with van der Waals surface area (Å²) >= 11 is 0. The molecule has 0 fully saturated rings. The fourth-order valence-electron chi connectivity index (χ4n) is 1.47. The van der Waals surface area contributed by atoms with Crippen LogP contribution in [0.4, 0.5) is 0 Å². The van der Waals surface area contributed by atoms with E-state index >= 15 is 0 Å². The Hall–Kier alpha value is -1.22. The Labute approximate surface area is 104 Å². The predicted molar refractivity (Wildman–Crippen MR) is 70.8 cm³/mol. The molecule has 0 aromatic heterocycles. The molecule has 0 atom stereocenters. The van der Waals surface area contributed by atoms with Gasteiger partial charge in [0.05, 0.1) is 13.7 Å². The topological polar surface area (TPSA) is 30.5 Å². The van der Waals surface area contributed by atoms with Crippen molar-refractivity contribution in [1.82, 2.24) is 5.32 Å². The monoisotopic (exact) mass is 237 g/mol. The van der Waals surface area contributed by atoms with Crippen molar-refractivity contribution in [1.29, 1.82) is 0 Å². The molecule has 3 heteroatoms. The molecule has 0 heterocycles. The number of ether oxygens (including phenoxy) is 2. The van der Waals surface area contributed by atoms with Crippen molar-refractivity contribution in [2.75, 3.05) is 13.7 Å². The Bertz CT molecular complexity index is 356. The summed E-state index contributed by atoms with van der Waals surface area (Å²) in [6.45, 7) is 9.90. The van der Waals surface area contributed by atoms with Crippen molar-refractivity contribution in [2.24, 2.45) is 0 Å². The van der Waals surface area contributed by atoms with Crippen LogP contribution >= 0.6 is 0 Å². The van der Waals surface area contributed by atoms with Crippen LogP contribution in [0.25, 0.3) is 0 Å². The van der Waals surface area contributed by atoms with E-state index in [4.69, 9.17) is 9.47 Å². The highest BCUT2D eigenvalue weighted by Gasteiger charge is 2.10. The smallest absolute Gasteiger partial charge is 0.161 e. The Kier molecular flexibility index (Phi) is 4.82. The van der Waals surface area contributed by atoms with Crippen LogP contribution in [0.1, 0.15) is 33.3 Å². The van der Waals surface area contributed by atoms with E-state index in [0.717, 1.165) is 18.0 Å². The van der Waals surface area contributed by atoms with Gasteiger partial charge < -0.3 is 14.8 Å². The van der Waals surface area contributed by atoms with Crippen molar-refractivity contribution in [2.45, 2.75) is 39.8 Å². The van der Waals surface area contributed by atoms with Gasteiger partial charge in [0, 0.05) is 12.1 Å². The second-order valence-corrected chi connectivity index (χ2v) is 5.02. The highest BCUT2D eigenvalue weighted by Crippen LogP contribution is 2.28. The molecule has 0 amide bonds. The predicted octanol–water partition coefficient (Wildman–Crippen LogP) is 2.98. The first kappa shape index (κ1) is 13.8. The lowest BCUT2D eigenvalue weighted by Gasteiger charge is -2.21. The molecule has 0 bridgehead atoms. The average Bonchev–Trinajstić information content (AvgIpc) is 2.26. The van der Waals surface area contributed by atoms with Crippen LogP contribution in [0, 0.1) is 0 Å². The van der Waals surface area contributed by atoms with Gasteiger partial charge in [-0.2, -0.15) is 0 Å². The molecule has 0 aliphatic heterocycles. The van der Waals surface area contributed by atoms with Crippen LogP contribution in [0.5, 0.6) is 11.5 Å². The third kappa shape index (κ3) is 4.65. The number of hydrogen-bond donors (Lipinski definition) is 1. The lowest BCUT2D eigenvalue weighted by atomic mass is 10.1. The van der Waals surface area contributed by atoms with Crippen LogP contribution < -0.4 is 14.8 Å². The molecular formula is C14H23NO2. The Balaban J connectivity index is 2.77. The minimum absolute atomic E-state index is 0.117. The minimum atomic E-state index is 0.117. The molecule has 0 saturated heterocycles. The molecule has 1 rings (SSSR count). The standard InChI is InChI=1S/C14H23NO2/c1-6-17-13-9-11(7-8-12(13)16-5)10-15-14(2,3)4/h7-9,15H,6,10H2,1-5H3. The van der Waals surface area contributed by atoms with Crippen molar-refractivity contribution >= 4 is 0 Å². The van der Waals surface area contributed by atoms with E-state index < -0.39 is 0 Å². The van der Waals surface area contributed by atoms with Crippen molar-refractivity contribution in [3.63, 3.8) is 0 Å². The Morgan fingerprint density at radius 2 is 1.88 bits per heavy atom. The summed E-state index contributed by atoms with van der Waals surface area (Å²) in [6.07, 6.45) is 0. The van der Waals surface area contributed by atoms with Gasteiger partial charge in [0.25, 0.3) is 0 Å². The second kappa shape index (κ2) is 5.92. The van der Waals surface area contributed by atoms with Gasteiger partial charge in [0.1, 0.15) is 0 Å². The number of nitrogens with one attached hydrogen (secondary N) is 1. The largest absolute Gasteiger partial charge is 0.493 e. The maximum atomic E-state index is 5.55. The Morgan fingerprint density at radius 1 is 1.18 bits per heavy atom. The van der Waals surface area contributed by atoms with Gasteiger partial charge in [-0.25, -0.2) is 0 Å². The van der Waals surface area contributed by atoms with E-state index in [-0.39, 0.29) is 5.54 Å². The third-order valence-corrected chi connectivity index (χ3v) is 2.35. The zero-order chi connectivity index (χ0) is 12.9. The molecule has 0 aliphatic carbocycles. The summed E-state index contributed by atoms with van der Waals surface area (Å²) in [7, 11) is 1.66. The van der Waals surface area contributed by atoms with E-state index in [1.54, 1.807) is 7.11 Å². The van der Waals surface area contributed by atoms with Crippen LogP contribution in [-0.2, 0) is 6.54 Å². The quantitative estimate of drug-likeness (QED) is 0.854. The molecule has 0 unspecified atom stereocenters. The SMILES string of the molecule is CCOc1cc(CNC(C)(C)C)ccc1OC. The average molecular weight is 237 g/mol. The zero-order valence-corrected chi connectivity index (χ0v) is 11.5. The van der Waals surface area contributed by atoms with Gasteiger partial charge in [-0.05, 0) is 45.4 Å². The Morgan fingerprint density at radius 3 is 2.41 bits per heavy atom. The fourth-order valence-corrected chi connectivity index (χ4v) is 1.47. The molecule has 0 radical (unpaired) electrons. The molecule has 0 saturated carbocycles. The maximum Gasteiger partial charge on any atom is 0.161 e.